The van der Waals surface area contributed by atoms with Gasteiger partial charge in [0, 0.05) is 38.0 Å². The highest BCUT2D eigenvalue weighted by Gasteiger charge is 2.19. The first kappa shape index (κ1) is 14.3. The largest absolute Gasteiger partial charge is 0.377 e. The standard InChI is InChI=1S/C18H20N4/c1-13-9-5-6-10-14(13)17-18(22(4)20-19-17)15-11-7-8-12-16(15)21(2)3/h5-12H,1-4H3. The Morgan fingerprint density at radius 2 is 1.55 bits per heavy atom. The van der Waals surface area contributed by atoms with Crippen molar-refractivity contribution in [3.05, 3.63) is 54.1 Å². The van der Waals surface area contributed by atoms with Crippen LogP contribution in [-0.4, -0.2) is 29.1 Å². The third kappa shape index (κ3) is 2.37. The van der Waals surface area contributed by atoms with Crippen molar-refractivity contribution in [3.8, 4) is 22.5 Å². The SMILES string of the molecule is Cc1ccccc1-c1nnn(C)c1-c1ccccc1N(C)C. The summed E-state index contributed by atoms with van der Waals surface area (Å²) in [4.78, 5) is 2.12. The topological polar surface area (TPSA) is 34.0 Å². The van der Waals surface area contributed by atoms with Crippen LogP contribution in [0.2, 0.25) is 0 Å². The molecular weight excluding hydrogens is 272 g/mol. The van der Waals surface area contributed by atoms with E-state index in [1.165, 1.54) is 5.56 Å². The Labute approximate surface area is 131 Å². The van der Waals surface area contributed by atoms with Gasteiger partial charge in [0.25, 0.3) is 0 Å². The van der Waals surface area contributed by atoms with Crippen LogP contribution < -0.4 is 4.90 Å². The molecule has 22 heavy (non-hydrogen) atoms. The fourth-order valence-corrected chi connectivity index (χ4v) is 2.74. The first-order valence-corrected chi connectivity index (χ1v) is 7.32. The molecule has 0 spiro atoms. The summed E-state index contributed by atoms with van der Waals surface area (Å²) in [5.41, 5.74) is 6.58. The minimum atomic E-state index is 0.926. The lowest BCUT2D eigenvalue weighted by Crippen LogP contribution is -2.10. The van der Waals surface area contributed by atoms with Crippen molar-refractivity contribution >= 4 is 5.69 Å². The summed E-state index contributed by atoms with van der Waals surface area (Å²) in [7, 11) is 6.04. The molecule has 0 aliphatic heterocycles. The lowest BCUT2D eigenvalue weighted by atomic mass is 10.00. The van der Waals surface area contributed by atoms with Crippen LogP contribution in [0.15, 0.2) is 48.5 Å². The number of aryl methyl sites for hydroxylation is 2. The number of para-hydroxylation sites is 1. The first-order chi connectivity index (χ1) is 10.6. The molecule has 1 aromatic heterocycles. The highest BCUT2D eigenvalue weighted by atomic mass is 15.4. The fourth-order valence-electron chi connectivity index (χ4n) is 2.74. The molecule has 0 N–H and O–H groups in total. The minimum absolute atomic E-state index is 0.926. The molecule has 4 heteroatoms. The van der Waals surface area contributed by atoms with Gasteiger partial charge in [0.05, 0.1) is 5.69 Å². The van der Waals surface area contributed by atoms with Gasteiger partial charge in [-0.15, -0.1) is 5.10 Å². The molecular formula is C18H20N4. The zero-order chi connectivity index (χ0) is 15.7. The van der Waals surface area contributed by atoms with Crippen molar-refractivity contribution in [2.24, 2.45) is 7.05 Å². The number of hydrogen-bond donors (Lipinski definition) is 0. The van der Waals surface area contributed by atoms with Crippen LogP contribution in [0.5, 0.6) is 0 Å². The monoisotopic (exact) mass is 292 g/mol. The first-order valence-electron chi connectivity index (χ1n) is 7.32. The molecule has 0 unspecified atom stereocenters. The third-order valence-electron chi connectivity index (χ3n) is 3.87. The van der Waals surface area contributed by atoms with Crippen LogP contribution >= 0.6 is 0 Å². The van der Waals surface area contributed by atoms with Gasteiger partial charge in [-0.25, -0.2) is 4.68 Å². The molecule has 1 heterocycles. The average molecular weight is 292 g/mol. The van der Waals surface area contributed by atoms with Gasteiger partial charge in [-0.2, -0.15) is 0 Å². The normalized spacial score (nSPS) is 10.7. The summed E-state index contributed by atoms with van der Waals surface area (Å²) in [5, 5.41) is 8.68. The second-order valence-electron chi connectivity index (χ2n) is 5.64. The number of aromatic nitrogens is 3. The van der Waals surface area contributed by atoms with Crippen LogP contribution in [0.1, 0.15) is 5.56 Å². The second-order valence-corrected chi connectivity index (χ2v) is 5.64. The summed E-state index contributed by atoms with van der Waals surface area (Å²) in [6.07, 6.45) is 0. The number of hydrogen-bond acceptors (Lipinski definition) is 3. The smallest absolute Gasteiger partial charge is 0.121 e. The molecule has 0 fully saturated rings. The zero-order valence-corrected chi connectivity index (χ0v) is 13.4. The summed E-state index contributed by atoms with van der Waals surface area (Å²) < 4.78 is 1.85. The number of benzene rings is 2. The van der Waals surface area contributed by atoms with E-state index in [0.29, 0.717) is 0 Å². The quantitative estimate of drug-likeness (QED) is 0.740. The maximum Gasteiger partial charge on any atom is 0.121 e. The Bertz CT molecular complexity index is 802. The zero-order valence-electron chi connectivity index (χ0n) is 13.4. The fraction of sp³-hybridized carbons (Fsp3) is 0.222. The molecule has 3 rings (SSSR count). The Balaban J connectivity index is 2.26. The van der Waals surface area contributed by atoms with Crippen LogP contribution in [0.4, 0.5) is 5.69 Å². The minimum Gasteiger partial charge on any atom is -0.377 e. The summed E-state index contributed by atoms with van der Waals surface area (Å²) >= 11 is 0. The number of nitrogens with zero attached hydrogens (tertiary/aromatic N) is 4. The third-order valence-corrected chi connectivity index (χ3v) is 3.87. The Hall–Kier alpha value is -2.62. The van der Waals surface area contributed by atoms with Crippen molar-refractivity contribution in [1.82, 2.24) is 15.0 Å². The van der Waals surface area contributed by atoms with Crippen LogP contribution in [-0.2, 0) is 7.05 Å². The van der Waals surface area contributed by atoms with Crippen LogP contribution in [0, 0.1) is 6.92 Å². The predicted molar refractivity (Wildman–Crippen MR) is 90.9 cm³/mol. The van der Waals surface area contributed by atoms with E-state index in [4.69, 9.17) is 0 Å². The Morgan fingerprint density at radius 3 is 2.23 bits per heavy atom. The van der Waals surface area contributed by atoms with E-state index in [1.807, 2.05) is 23.9 Å². The molecule has 4 nitrogen and oxygen atoms in total. The van der Waals surface area contributed by atoms with E-state index in [0.717, 1.165) is 28.2 Å². The van der Waals surface area contributed by atoms with E-state index in [2.05, 4.69) is 72.6 Å². The molecule has 0 saturated heterocycles. The molecule has 0 aliphatic carbocycles. The van der Waals surface area contributed by atoms with Crippen molar-refractivity contribution in [1.29, 1.82) is 0 Å². The van der Waals surface area contributed by atoms with Crippen molar-refractivity contribution in [3.63, 3.8) is 0 Å². The Morgan fingerprint density at radius 1 is 0.909 bits per heavy atom. The van der Waals surface area contributed by atoms with Gasteiger partial charge >= 0.3 is 0 Å². The van der Waals surface area contributed by atoms with Crippen molar-refractivity contribution < 1.29 is 0 Å². The van der Waals surface area contributed by atoms with Gasteiger partial charge in [-0.1, -0.05) is 47.7 Å². The van der Waals surface area contributed by atoms with Gasteiger partial charge in [-0.05, 0) is 18.6 Å². The van der Waals surface area contributed by atoms with E-state index in [1.54, 1.807) is 0 Å². The van der Waals surface area contributed by atoms with E-state index < -0.39 is 0 Å². The van der Waals surface area contributed by atoms with Gasteiger partial charge in [0.2, 0.25) is 0 Å². The van der Waals surface area contributed by atoms with E-state index in [9.17, 15) is 0 Å². The highest BCUT2D eigenvalue weighted by Crippen LogP contribution is 2.36. The molecule has 0 bridgehead atoms. The van der Waals surface area contributed by atoms with Gasteiger partial charge in [0.1, 0.15) is 5.69 Å². The molecule has 0 atom stereocenters. The molecule has 112 valence electrons. The van der Waals surface area contributed by atoms with E-state index in [-0.39, 0.29) is 0 Å². The summed E-state index contributed by atoms with van der Waals surface area (Å²) in [6.45, 7) is 2.10. The van der Waals surface area contributed by atoms with Gasteiger partial charge in [0.15, 0.2) is 0 Å². The molecule has 3 aromatic rings. The van der Waals surface area contributed by atoms with Crippen LogP contribution in [0.3, 0.4) is 0 Å². The maximum atomic E-state index is 4.42. The van der Waals surface area contributed by atoms with Gasteiger partial charge in [-0.3, -0.25) is 0 Å². The number of rotatable bonds is 3. The van der Waals surface area contributed by atoms with Crippen molar-refractivity contribution in [2.45, 2.75) is 6.92 Å². The Kier molecular flexibility index (Phi) is 3.67. The molecule has 0 radical (unpaired) electrons. The summed E-state index contributed by atoms with van der Waals surface area (Å²) in [6, 6.07) is 16.6. The molecule has 0 aliphatic rings. The lowest BCUT2D eigenvalue weighted by molar-refractivity contribution is 0.721. The maximum absolute atomic E-state index is 4.42. The molecule has 0 amide bonds. The predicted octanol–water partition coefficient (Wildman–Crippen LogP) is 3.52. The van der Waals surface area contributed by atoms with Crippen molar-refractivity contribution in [2.75, 3.05) is 19.0 Å². The molecule has 0 saturated carbocycles. The molecule has 2 aromatic carbocycles. The summed E-state index contributed by atoms with van der Waals surface area (Å²) in [5.74, 6) is 0. The number of anilines is 1. The second kappa shape index (κ2) is 5.64. The lowest BCUT2D eigenvalue weighted by Gasteiger charge is -2.18. The highest BCUT2D eigenvalue weighted by molar-refractivity contribution is 5.86. The van der Waals surface area contributed by atoms with Crippen LogP contribution in [0.25, 0.3) is 22.5 Å². The van der Waals surface area contributed by atoms with E-state index >= 15 is 0 Å². The average Bonchev–Trinajstić information content (AvgIpc) is 2.89. The van der Waals surface area contributed by atoms with Gasteiger partial charge < -0.3 is 4.90 Å².